The van der Waals surface area contributed by atoms with Gasteiger partial charge < -0.3 is 0 Å². The first-order chi connectivity index (χ1) is 19.2. The summed E-state index contributed by atoms with van der Waals surface area (Å²) in [5, 5.41) is 31.2. The van der Waals surface area contributed by atoms with Crippen LogP contribution in [0.3, 0.4) is 0 Å². The number of nitrogens with two attached hydrogens (primary N) is 1. The van der Waals surface area contributed by atoms with Crippen molar-refractivity contribution in [1.82, 2.24) is 9.57 Å². The van der Waals surface area contributed by atoms with Crippen LogP contribution in [0.5, 0.6) is 0 Å². The monoisotopic (exact) mass is 591 g/mol. The van der Waals surface area contributed by atoms with Crippen LogP contribution in [0.15, 0.2) is 45.3 Å². The Morgan fingerprint density at radius 2 is 1.95 bits per heavy atom. The zero-order chi connectivity index (χ0) is 30.2. The maximum absolute atomic E-state index is 13.4. The van der Waals surface area contributed by atoms with Gasteiger partial charge in [0.05, 0.1) is 0 Å². The molecule has 0 bridgehead atoms. The Bertz CT molecular complexity index is 1290. The van der Waals surface area contributed by atoms with Crippen LogP contribution in [0, 0.1) is 11.3 Å². The van der Waals surface area contributed by atoms with Gasteiger partial charge in [0, 0.05) is 0 Å². The third-order valence-electron chi connectivity index (χ3n) is 7.25. The van der Waals surface area contributed by atoms with E-state index >= 15 is 0 Å². The fraction of sp³-hybridized carbons (Fsp3) is 0.577. The number of ether oxygens (including phenoxy) is 1. The number of hydrogen-bond acceptors (Lipinski definition) is 14. The minimum absolute atomic E-state index is 0.0354. The number of amidine groups is 1. The van der Waals surface area contributed by atoms with Gasteiger partial charge in [-0.25, -0.2) is 0 Å². The molecule has 1 aromatic carbocycles. The average molecular weight is 592 g/mol. The predicted molar refractivity (Wildman–Crippen MR) is 153 cm³/mol. The molecule has 41 heavy (non-hydrogen) atoms. The topological polar surface area (TPSA) is 210 Å². The number of aliphatic imine (C=N–C) groups is 3. The van der Waals surface area contributed by atoms with E-state index in [9.17, 15) is 30.1 Å². The van der Waals surface area contributed by atoms with E-state index in [4.69, 9.17) is 15.0 Å². The normalized spacial score (nSPS) is 28.9. The van der Waals surface area contributed by atoms with Crippen LogP contribution in [0.2, 0.25) is 0 Å². The molecule has 0 aromatic heterocycles. The number of fused-ring (bicyclic) bond motifs is 1. The number of carbonyl (C=O) groups is 1. The second kappa shape index (κ2) is 11.2. The zero-order valence-corrected chi connectivity index (χ0v) is 24.4. The molecule has 0 spiro atoms. The van der Waals surface area contributed by atoms with E-state index in [0.29, 0.717) is 5.56 Å². The summed E-state index contributed by atoms with van der Waals surface area (Å²) in [6.45, 7) is 6.29. The SMILES string of the molecule is CC(C)N(C(C)C)P(O)(O)(CCC#N)O[C@@]1(O)C[C@@H](CO)O[C@H]1N1CN=C2C1=NC=NC2(N)C(=O)c1ccccc1. The van der Waals surface area contributed by atoms with Crippen molar-refractivity contribution < 1.29 is 34.1 Å². The second-order valence-corrected chi connectivity index (χ2v) is 14.2. The molecule has 4 atom stereocenters. The molecule has 0 radical (unpaired) electrons. The number of aliphatic hydroxyl groups excluding tert-OH is 1. The van der Waals surface area contributed by atoms with Gasteiger partial charge in [0.15, 0.2) is 0 Å². The Labute approximate surface area is 238 Å². The third-order valence-corrected chi connectivity index (χ3v) is 10.8. The summed E-state index contributed by atoms with van der Waals surface area (Å²) in [4.78, 5) is 51.6. The summed E-state index contributed by atoms with van der Waals surface area (Å²) in [6, 6.07) is 9.39. The molecule has 1 unspecified atom stereocenters. The van der Waals surface area contributed by atoms with Gasteiger partial charge in [-0.15, -0.1) is 0 Å². The Kier molecular flexibility index (Phi) is 8.52. The van der Waals surface area contributed by atoms with Gasteiger partial charge in [-0.05, 0) is 0 Å². The summed E-state index contributed by atoms with van der Waals surface area (Å²) in [5.74, 6) is -2.85. The Balaban J connectivity index is 1.71. The molecule has 224 valence electrons. The third kappa shape index (κ3) is 5.58. The van der Waals surface area contributed by atoms with Gasteiger partial charge in [-0.3, -0.25) is 0 Å². The van der Waals surface area contributed by atoms with E-state index in [1.165, 1.54) is 9.57 Å². The van der Waals surface area contributed by atoms with E-state index in [1.54, 1.807) is 58.0 Å². The fourth-order valence-electron chi connectivity index (χ4n) is 5.82. The van der Waals surface area contributed by atoms with Crippen molar-refractivity contribution in [2.75, 3.05) is 19.4 Å². The van der Waals surface area contributed by atoms with Crippen molar-refractivity contribution in [2.24, 2.45) is 20.7 Å². The molecule has 14 nitrogen and oxygen atoms in total. The summed E-state index contributed by atoms with van der Waals surface area (Å²) in [7, 11) is -5.45. The zero-order valence-electron chi connectivity index (χ0n) is 23.5. The van der Waals surface area contributed by atoms with Crippen molar-refractivity contribution in [3.05, 3.63) is 35.9 Å². The van der Waals surface area contributed by atoms with Gasteiger partial charge in [0.2, 0.25) is 0 Å². The summed E-state index contributed by atoms with van der Waals surface area (Å²) < 4.78 is 13.3. The summed E-state index contributed by atoms with van der Waals surface area (Å²) >= 11 is 0. The minimum atomic E-state index is -5.45. The van der Waals surface area contributed by atoms with Crippen LogP contribution >= 0.6 is 7.43 Å². The standard InChI is InChI=1S/C26H38N7O7P/c1-17(2)33(18(3)4)41(37,38,12-8-11-27)40-25(36)13-20(14-34)39-24(25)32-16-30-21-23(32)29-15-31-26(21,28)22(35)19-9-6-5-7-10-19/h5-7,9-10,15,17-18,20,24,34,36-38H,8,12-14,16,28H2,1-4H3/t20-,24+,25-,26?/m0/s1. The van der Waals surface area contributed by atoms with Crippen molar-refractivity contribution in [3.8, 4) is 6.07 Å². The first-order valence-corrected chi connectivity index (χ1v) is 15.6. The first kappa shape index (κ1) is 31.2. The molecular weight excluding hydrogens is 553 g/mol. The number of benzene rings is 1. The Morgan fingerprint density at radius 1 is 1.29 bits per heavy atom. The van der Waals surface area contributed by atoms with E-state index in [0.717, 1.165) is 6.34 Å². The van der Waals surface area contributed by atoms with Crippen LogP contribution in [0.4, 0.5) is 0 Å². The predicted octanol–water partition coefficient (Wildman–Crippen LogP) is 0.722. The van der Waals surface area contributed by atoms with Crippen molar-refractivity contribution >= 4 is 31.1 Å². The first-order valence-electron chi connectivity index (χ1n) is 13.4. The number of nitriles is 1. The van der Waals surface area contributed by atoms with Gasteiger partial charge in [-0.1, -0.05) is 0 Å². The Hall–Kier alpha value is -2.70. The molecule has 0 saturated carbocycles. The van der Waals surface area contributed by atoms with Gasteiger partial charge in [0.1, 0.15) is 0 Å². The van der Waals surface area contributed by atoms with Crippen LogP contribution in [-0.4, -0.2) is 109 Å². The number of Topliss-reactive ketones (excluding diaryl/α,β-unsaturated/α-hetero) is 1. The number of rotatable bonds is 11. The molecule has 3 aliphatic rings. The summed E-state index contributed by atoms with van der Waals surface area (Å²) in [6.07, 6.45) is -2.35. The van der Waals surface area contributed by atoms with Crippen molar-refractivity contribution in [1.29, 1.82) is 5.26 Å². The fourth-order valence-corrected chi connectivity index (χ4v) is 9.39. The molecule has 15 heteroatoms. The van der Waals surface area contributed by atoms with Gasteiger partial charge >= 0.3 is 239 Å². The van der Waals surface area contributed by atoms with Gasteiger partial charge in [0.25, 0.3) is 0 Å². The maximum atomic E-state index is 13.4. The number of ketones is 1. The quantitative estimate of drug-likeness (QED) is 0.137. The second-order valence-electron chi connectivity index (χ2n) is 11.0. The van der Waals surface area contributed by atoms with Crippen molar-refractivity contribution in [3.63, 3.8) is 0 Å². The van der Waals surface area contributed by atoms with E-state index in [2.05, 4.69) is 15.0 Å². The molecule has 1 saturated heterocycles. The molecule has 0 aliphatic carbocycles. The number of hydrogen-bond donors (Lipinski definition) is 5. The molecule has 3 heterocycles. The number of nitrogens with zero attached hydrogens (tertiary/aromatic N) is 6. The summed E-state index contributed by atoms with van der Waals surface area (Å²) in [5.41, 5.74) is 4.95. The van der Waals surface area contributed by atoms with Crippen molar-refractivity contribution in [2.45, 2.75) is 76.4 Å². The van der Waals surface area contributed by atoms with Crippen LogP contribution in [0.1, 0.15) is 50.9 Å². The molecule has 6 N–H and O–H groups in total. The number of aliphatic hydroxyl groups is 2. The van der Waals surface area contributed by atoms with E-state index < -0.39 is 61.9 Å². The van der Waals surface area contributed by atoms with Crippen LogP contribution < -0.4 is 5.73 Å². The van der Waals surface area contributed by atoms with E-state index in [1.807, 2.05) is 6.07 Å². The molecule has 0 amide bonds. The molecular formula is C26H38N7O7P. The van der Waals surface area contributed by atoms with Crippen LogP contribution in [-0.2, 0) is 9.26 Å². The number of carbonyl (C=O) groups excluding carboxylic acids is 1. The average Bonchev–Trinajstić information content (AvgIpc) is 3.47. The molecule has 1 fully saturated rings. The molecule has 1 aromatic rings. The van der Waals surface area contributed by atoms with Crippen LogP contribution in [0.25, 0.3) is 0 Å². The van der Waals surface area contributed by atoms with Gasteiger partial charge in [-0.2, -0.15) is 0 Å². The molecule has 4 rings (SSSR count). The molecule has 3 aliphatic heterocycles. The van der Waals surface area contributed by atoms with E-state index in [-0.39, 0.29) is 31.1 Å². The Morgan fingerprint density at radius 3 is 2.54 bits per heavy atom.